The zero-order valence-corrected chi connectivity index (χ0v) is 17.1. The summed E-state index contributed by atoms with van der Waals surface area (Å²) in [6.07, 6.45) is 2.50. The summed E-state index contributed by atoms with van der Waals surface area (Å²) >= 11 is 0. The Labute approximate surface area is 162 Å². The number of nitrogens with one attached hydrogen (secondary N) is 1. The van der Waals surface area contributed by atoms with Gasteiger partial charge in [-0.15, -0.1) is 0 Å². The molecule has 0 saturated carbocycles. The Hall–Kier alpha value is -1.95. The van der Waals surface area contributed by atoms with E-state index in [9.17, 15) is 0 Å². The molecule has 6 nitrogen and oxygen atoms in total. The van der Waals surface area contributed by atoms with Crippen molar-refractivity contribution in [2.75, 3.05) is 46.5 Å². The smallest absolute Gasteiger partial charge is 0.193 e. The lowest BCUT2D eigenvalue weighted by Gasteiger charge is -2.35. The molecule has 2 heterocycles. The maximum atomic E-state index is 5.75. The van der Waals surface area contributed by atoms with Crippen molar-refractivity contribution in [1.29, 1.82) is 0 Å². The van der Waals surface area contributed by atoms with Crippen LogP contribution in [0.15, 0.2) is 23.2 Å². The summed E-state index contributed by atoms with van der Waals surface area (Å²) in [5.74, 6) is 2.64. The van der Waals surface area contributed by atoms with Gasteiger partial charge in [-0.3, -0.25) is 4.99 Å². The minimum absolute atomic E-state index is 0.0601. The predicted octanol–water partition coefficient (Wildman–Crippen LogP) is 2.81. The van der Waals surface area contributed by atoms with Crippen molar-refractivity contribution in [2.24, 2.45) is 4.99 Å². The second-order valence-electron chi connectivity index (χ2n) is 7.78. The molecular formula is C21H33N3O3. The van der Waals surface area contributed by atoms with Crippen molar-refractivity contribution in [2.45, 2.75) is 45.1 Å². The van der Waals surface area contributed by atoms with E-state index in [1.54, 1.807) is 0 Å². The van der Waals surface area contributed by atoms with Gasteiger partial charge < -0.3 is 24.4 Å². The highest BCUT2D eigenvalue weighted by molar-refractivity contribution is 5.80. The molecule has 0 unspecified atom stereocenters. The molecule has 0 amide bonds. The largest absolute Gasteiger partial charge is 0.486 e. The lowest BCUT2D eigenvalue weighted by Crippen LogP contribution is -2.49. The van der Waals surface area contributed by atoms with Gasteiger partial charge in [-0.25, -0.2) is 0 Å². The molecule has 0 bridgehead atoms. The minimum atomic E-state index is -0.0601. The van der Waals surface area contributed by atoms with Crippen LogP contribution in [0.5, 0.6) is 11.5 Å². The van der Waals surface area contributed by atoms with Gasteiger partial charge in [0.15, 0.2) is 17.5 Å². The first-order valence-electron chi connectivity index (χ1n) is 10.0. The van der Waals surface area contributed by atoms with Crippen LogP contribution >= 0.6 is 0 Å². The number of hydrogen-bond donors (Lipinski definition) is 1. The first kappa shape index (κ1) is 19.8. The lowest BCUT2D eigenvalue weighted by molar-refractivity contribution is 0.0263. The van der Waals surface area contributed by atoms with Crippen LogP contribution in [0.2, 0.25) is 0 Å². The Morgan fingerprint density at radius 3 is 2.59 bits per heavy atom. The molecule has 1 N–H and O–H groups in total. The fraction of sp³-hybridized carbons (Fsp3) is 0.667. The summed E-state index contributed by atoms with van der Waals surface area (Å²) in [6.45, 7) is 11.3. The topological polar surface area (TPSA) is 55.3 Å². The number of ether oxygens (including phenoxy) is 3. The van der Waals surface area contributed by atoms with Gasteiger partial charge in [-0.1, -0.05) is 19.9 Å². The van der Waals surface area contributed by atoms with E-state index in [1.807, 2.05) is 13.1 Å². The number of nitrogens with zero attached hydrogens (tertiary/aromatic N) is 2. The van der Waals surface area contributed by atoms with Gasteiger partial charge in [0.25, 0.3) is 0 Å². The van der Waals surface area contributed by atoms with Gasteiger partial charge in [-0.2, -0.15) is 0 Å². The van der Waals surface area contributed by atoms with Gasteiger partial charge in [0, 0.05) is 38.7 Å². The number of fused-ring (bicyclic) bond motifs is 1. The molecule has 2 aliphatic rings. The molecule has 1 aromatic rings. The fourth-order valence-corrected chi connectivity index (χ4v) is 3.67. The number of rotatable bonds is 5. The molecule has 6 heteroatoms. The average molecular weight is 376 g/mol. The van der Waals surface area contributed by atoms with Gasteiger partial charge in [-0.05, 0) is 37.5 Å². The van der Waals surface area contributed by atoms with Crippen molar-refractivity contribution in [1.82, 2.24) is 10.2 Å². The molecule has 0 atom stereocenters. The number of guanidine groups is 1. The van der Waals surface area contributed by atoms with Crippen molar-refractivity contribution in [3.63, 3.8) is 0 Å². The standard InChI is InChI=1S/C21H33N3O3/c1-5-25-17-8-10-24(11-9-17)20(22-4)23-15-21(2,3)16-6-7-18-19(14-16)27-13-12-26-18/h6-7,14,17H,5,8-13,15H2,1-4H3,(H,22,23). The van der Waals surface area contributed by atoms with Crippen LogP contribution < -0.4 is 14.8 Å². The second kappa shape index (κ2) is 8.83. The van der Waals surface area contributed by atoms with Gasteiger partial charge in [0.2, 0.25) is 0 Å². The van der Waals surface area contributed by atoms with E-state index in [4.69, 9.17) is 14.2 Å². The first-order valence-corrected chi connectivity index (χ1v) is 10.0. The summed E-state index contributed by atoms with van der Waals surface area (Å²) in [5, 5.41) is 3.57. The van der Waals surface area contributed by atoms with Gasteiger partial charge in [0.1, 0.15) is 13.2 Å². The normalized spacial score (nSPS) is 18.5. The summed E-state index contributed by atoms with van der Waals surface area (Å²) in [5.41, 5.74) is 1.17. The average Bonchev–Trinajstić information content (AvgIpc) is 2.69. The Morgan fingerprint density at radius 2 is 1.93 bits per heavy atom. The fourth-order valence-electron chi connectivity index (χ4n) is 3.67. The van der Waals surface area contributed by atoms with Gasteiger partial charge >= 0.3 is 0 Å². The van der Waals surface area contributed by atoms with Crippen LogP contribution in [0.25, 0.3) is 0 Å². The van der Waals surface area contributed by atoms with Crippen LogP contribution in [0.3, 0.4) is 0 Å². The lowest BCUT2D eigenvalue weighted by atomic mass is 9.84. The molecule has 0 spiro atoms. The van der Waals surface area contributed by atoms with E-state index in [1.165, 1.54) is 5.56 Å². The second-order valence-corrected chi connectivity index (χ2v) is 7.78. The van der Waals surface area contributed by atoms with Gasteiger partial charge in [0.05, 0.1) is 6.10 Å². The SMILES string of the molecule is CCOC1CCN(C(=NC)NCC(C)(C)c2ccc3c(c2)OCCO3)CC1. The molecule has 27 heavy (non-hydrogen) atoms. The maximum Gasteiger partial charge on any atom is 0.193 e. The molecule has 150 valence electrons. The molecular weight excluding hydrogens is 342 g/mol. The molecule has 0 aliphatic carbocycles. The number of benzene rings is 1. The Balaban J connectivity index is 1.59. The van der Waals surface area contributed by atoms with E-state index in [0.29, 0.717) is 19.3 Å². The molecule has 1 aromatic carbocycles. The zero-order chi connectivity index (χ0) is 19.3. The van der Waals surface area contributed by atoms with E-state index >= 15 is 0 Å². The number of hydrogen-bond acceptors (Lipinski definition) is 4. The highest BCUT2D eigenvalue weighted by atomic mass is 16.6. The summed E-state index contributed by atoms with van der Waals surface area (Å²) in [4.78, 5) is 6.82. The third kappa shape index (κ3) is 4.86. The zero-order valence-electron chi connectivity index (χ0n) is 17.1. The van der Waals surface area contributed by atoms with Crippen molar-refractivity contribution < 1.29 is 14.2 Å². The van der Waals surface area contributed by atoms with Crippen LogP contribution in [-0.2, 0) is 10.2 Å². The maximum absolute atomic E-state index is 5.75. The molecule has 2 aliphatic heterocycles. The highest BCUT2D eigenvalue weighted by Gasteiger charge is 2.26. The van der Waals surface area contributed by atoms with E-state index in [0.717, 1.165) is 56.5 Å². The molecule has 1 fully saturated rings. The predicted molar refractivity (Wildman–Crippen MR) is 108 cm³/mol. The van der Waals surface area contributed by atoms with Crippen LogP contribution in [0.1, 0.15) is 39.2 Å². The number of likely N-dealkylation sites (tertiary alicyclic amines) is 1. The third-order valence-corrected chi connectivity index (χ3v) is 5.37. The number of piperidine rings is 1. The van der Waals surface area contributed by atoms with Crippen molar-refractivity contribution in [3.8, 4) is 11.5 Å². The monoisotopic (exact) mass is 375 g/mol. The van der Waals surface area contributed by atoms with E-state index in [2.05, 4.69) is 48.1 Å². The highest BCUT2D eigenvalue weighted by Crippen LogP contribution is 2.35. The molecule has 0 aromatic heterocycles. The van der Waals surface area contributed by atoms with E-state index < -0.39 is 0 Å². The molecule has 3 rings (SSSR count). The summed E-state index contributed by atoms with van der Waals surface area (Å²) < 4.78 is 17.1. The van der Waals surface area contributed by atoms with Crippen LogP contribution in [0.4, 0.5) is 0 Å². The quantitative estimate of drug-likeness (QED) is 0.634. The van der Waals surface area contributed by atoms with Crippen LogP contribution in [-0.4, -0.2) is 63.5 Å². The first-order chi connectivity index (χ1) is 13.0. The Bertz CT molecular complexity index is 652. The Kier molecular flexibility index (Phi) is 6.47. The third-order valence-electron chi connectivity index (χ3n) is 5.37. The molecule has 0 radical (unpaired) electrons. The Morgan fingerprint density at radius 1 is 1.22 bits per heavy atom. The molecule has 1 saturated heterocycles. The summed E-state index contributed by atoms with van der Waals surface area (Å²) in [7, 11) is 1.86. The van der Waals surface area contributed by atoms with Crippen molar-refractivity contribution in [3.05, 3.63) is 23.8 Å². The number of aliphatic imine (C=N–C) groups is 1. The van der Waals surface area contributed by atoms with Crippen LogP contribution in [0, 0.1) is 0 Å². The minimum Gasteiger partial charge on any atom is -0.486 e. The van der Waals surface area contributed by atoms with Crippen molar-refractivity contribution >= 4 is 5.96 Å². The van der Waals surface area contributed by atoms with E-state index in [-0.39, 0.29) is 5.41 Å². The summed E-state index contributed by atoms with van der Waals surface area (Å²) in [6, 6.07) is 6.25.